The molecule has 5 heteroatoms. The molecule has 2 N–H and O–H groups in total. The zero-order valence-corrected chi connectivity index (χ0v) is 10.9. The Kier molecular flexibility index (Phi) is 4.16. The van der Waals surface area contributed by atoms with E-state index < -0.39 is 11.7 Å². The van der Waals surface area contributed by atoms with Gasteiger partial charge in [-0.3, -0.25) is 4.79 Å². The first-order chi connectivity index (χ1) is 9.38. The summed E-state index contributed by atoms with van der Waals surface area (Å²) in [4.78, 5) is 11.9. The number of carbonyl (C=O) groups is 1. The second-order valence-corrected chi connectivity index (χ2v) is 5.07. The summed E-state index contributed by atoms with van der Waals surface area (Å²) in [5.74, 6) is -0.114. The number of allylic oxidation sites excluding steroid dienone is 2. The highest BCUT2D eigenvalue weighted by atomic mass is 19.4. The Balaban J connectivity index is 2.11. The Morgan fingerprint density at radius 3 is 2.20 bits per heavy atom. The van der Waals surface area contributed by atoms with Crippen LogP contribution in [0.25, 0.3) is 0 Å². The van der Waals surface area contributed by atoms with E-state index in [0.717, 1.165) is 37.8 Å². The van der Waals surface area contributed by atoms with Crippen LogP contribution in [0.3, 0.4) is 0 Å². The molecular weight excluding hydrogens is 267 g/mol. The lowest BCUT2D eigenvalue weighted by Crippen LogP contribution is -2.11. The molecule has 1 aromatic rings. The Labute approximate surface area is 115 Å². The first-order valence-electron chi connectivity index (χ1n) is 6.56. The van der Waals surface area contributed by atoms with Crippen molar-refractivity contribution in [3.8, 4) is 0 Å². The fourth-order valence-electron chi connectivity index (χ4n) is 2.44. The van der Waals surface area contributed by atoms with Gasteiger partial charge in [-0.1, -0.05) is 25.0 Å². The largest absolute Gasteiger partial charge is 0.416 e. The molecule has 0 atom stereocenters. The maximum absolute atomic E-state index is 12.4. The summed E-state index contributed by atoms with van der Waals surface area (Å²) in [6.07, 6.45) is 1.12. The van der Waals surface area contributed by atoms with E-state index in [2.05, 4.69) is 0 Å². The van der Waals surface area contributed by atoms with Gasteiger partial charge in [-0.25, -0.2) is 0 Å². The van der Waals surface area contributed by atoms with E-state index in [1.807, 2.05) is 0 Å². The molecule has 1 saturated carbocycles. The number of ketones is 1. The molecule has 1 fully saturated rings. The fraction of sp³-hybridized carbons (Fsp3) is 0.400. The van der Waals surface area contributed by atoms with Crippen LogP contribution in [0.1, 0.15) is 41.6 Å². The molecule has 0 radical (unpaired) electrons. The molecule has 0 amide bonds. The summed E-state index contributed by atoms with van der Waals surface area (Å²) in [6.45, 7) is 0. The third-order valence-corrected chi connectivity index (χ3v) is 3.62. The molecule has 2 rings (SSSR count). The van der Waals surface area contributed by atoms with Crippen LogP contribution in [0.5, 0.6) is 0 Å². The highest BCUT2D eigenvalue weighted by Gasteiger charge is 2.30. The number of nitrogens with two attached hydrogens (primary N) is 1. The average Bonchev–Trinajstić information content (AvgIpc) is 2.91. The minimum atomic E-state index is -4.39. The van der Waals surface area contributed by atoms with Crippen molar-refractivity contribution in [3.05, 3.63) is 47.2 Å². The summed E-state index contributed by atoms with van der Waals surface area (Å²) in [7, 11) is 0. The second-order valence-electron chi connectivity index (χ2n) is 5.07. The third-order valence-electron chi connectivity index (χ3n) is 3.62. The van der Waals surface area contributed by atoms with E-state index in [1.54, 1.807) is 0 Å². The molecule has 1 aliphatic carbocycles. The molecule has 1 aromatic carbocycles. The van der Waals surface area contributed by atoms with Crippen LogP contribution in [-0.4, -0.2) is 5.78 Å². The Bertz CT molecular complexity index is 511. The number of halogens is 3. The van der Waals surface area contributed by atoms with E-state index in [1.165, 1.54) is 18.2 Å². The predicted molar refractivity (Wildman–Crippen MR) is 70.0 cm³/mol. The van der Waals surface area contributed by atoms with E-state index in [9.17, 15) is 18.0 Å². The van der Waals surface area contributed by atoms with E-state index in [-0.39, 0.29) is 17.3 Å². The van der Waals surface area contributed by atoms with Crippen LogP contribution in [0.15, 0.2) is 36.0 Å². The number of alkyl halides is 3. The summed E-state index contributed by atoms with van der Waals surface area (Å²) < 4.78 is 37.3. The maximum Gasteiger partial charge on any atom is 0.416 e. The molecule has 0 saturated heterocycles. The molecule has 0 heterocycles. The molecule has 20 heavy (non-hydrogen) atoms. The first kappa shape index (κ1) is 14.6. The maximum atomic E-state index is 12.4. The van der Waals surface area contributed by atoms with Gasteiger partial charge in [-0.2, -0.15) is 13.2 Å². The van der Waals surface area contributed by atoms with Gasteiger partial charge in [0.15, 0.2) is 5.78 Å². The molecule has 0 bridgehead atoms. The van der Waals surface area contributed by atoms with Crippen molar-refractivity contribution < 1.29 is 18.0 Å². The van der Waals surface area contributed by atoms with Crippen LogP contribution in [0.4, 0.5) is 13.2 Å². The minimum absolute atomic E-state index is 0.221. The first-order valence-corrected chi connectivity index (χ1v) is 6.56. The van der Waals surface area contributed by atoms with Crippen LogP contribution >= 0.6 is 0 Å². The van der Waals surface area contributed by atoms with Crippen molar-refractivity contribution in [1.82, 2.24) is 0 Å². The lowest BCUT2D eigenvalue weighted by atomic mass is 10.0. The van der Waals surface area contributed by atoms with Gasteiger partial charge in [0.1, 0.15) is 0 Å². The lowest BCUT2D eigenvalue weighted by Gasteiger charge is -2.09. The predicted octanol–water partition coefficient (Wildman–Crippen LogP) is 3.92. The van der Waals surface area contributed by atoms with Gasteiger partial charge in [0, 0.05) is 17.3 Å². The number of rotatable bonds is 3. The third kappa shape index (κ3) is 3.40. The molecule has 0 unspecified atom stereocenters. The minimum Gasteiger partial charge on any atom is -0.402 e. The highest BCUT2D eigenvalue weighted by Crippen LogP contribution is 2.30. The zero-order chi connectivity index (χ0) is 14.8. The Hall–Kier alpha value is -1.78. The number of carbonyl (C=O) groups excluding carboxylic acids is 1. The highest BCUT2D eigenvalue weighted by molar-refractivity contribution is 6.04. The van der Waals surface area contributed by atoms with Gasteiger partial charge in [0.25, 0.3) is 0 Å². The average molecular weight is 283 g/mol. The number of hydrogen-bond acceptors (Lipinski definition) is 2. The summed E-state index contributed by atoms with van der Waals surface area (Å²) in [5, 5.41) is 0. The SMILES string of the molecule is N/C(=C/C(=O)c1ccc(C(F)(F)F)cc1)C1CCCC1. The smallest absolute Gasteiger partial charge is 0.402 e. The quantitative estimate of drug-likeness (QED) is 0.675. The van der Waals surface area contributed by atoms with Crippen molar-refractivity contribution >= 4 is 5.78 Å². The van der Waals surface area contributed by atoms with Crippen LogP contribution in [0, 0.1) is 5.92 Å². The van der Waals surface area contributed by atoms with Crippen molar-refractivity contribution in [1.29, 1.82) is 0 Å². The lowest BCUT2D eigenvalue weighted by molar-refractivity contribution is -0.137. The fourth-order valence-corrected chi connectivity index (χ4v) is 2.44. The molecule has 108 valence electrons. The van der Waals surface area contributed by atoms with Crippen molar-refractivity contribution in [3.63, 3.8) is 0 Å². The number of benzene rings is 1. The van der Waals surface area contributed by atoms with Crippen molar-refractivity contribution in [2.75, 3.05) is 0 Å². The van der Waals surface area contributed by atoms with Crippen molar-refractivity contribution in [2.24, 2.45) is 11.7 Å². The van der Waals surface area contributed by atoms with E-state index in [0.29, 0.717) is 5.70 Å². The summed E-state index contributed by atoms with van der Waals surface area (Å²) in [6, 6.07) is 4.19. The van der Waals surface area contributed by atoms with Crippen LogP contribution in [0.2, 0.25) is 0 Å². The Morgan fingerprint density at radius 1 is 1.15 bits per heavy atom. The van der Waals surface area contributed by atoms with Crippen LogP contribution < -0.4 is 5.73 Å². The summed E-state index contributed by atoms with van der Waals surface area (Å²) >= 11 is 0. The van der Waals surface area contributed by atoms with Gasteiger partial charge in [0.2, 0.25) is 0 Å². The summed E-state index contributed by atoms with van der Waals surface area (Å²) in [5.41, 5.74) is 5.87. The van der Waals surface area contributed by atoms with Gasteiger partial charge in [-0.15, -0.1) is 0 Å². The van der Waals surface area contributed by atoms with Crippen LogP contribution in [-0.2, 0) is 6.18 Å². The van der Waals surface area contributed by atoms with E-state index in [4.69, 9.17) is 5.73 Å². The van der Waals surface area contributed by atoms with Gasteiger partial charge >= 0.3 is 6.18 Å². The standard InChI is InChI=1S/C15H16F3NO/c16-15(17,18)12-7-5-11(6-8-12)14(20)9-13(19)10-3-1-2-4-10/h5-10H,1-4,19H2/b13-9+. The van der Waals surface area contributed by atoms with Gasteiger partial charge < -0.3 is 5.73 Å². The molecule has 0 spiro atoms. The Morgan fingerprint density at radius 2 is 1.70 bits per heavy atom. The van der Waals surface area contributed by atoms with E-state index >= 15 is 0 Å². The molecule has 1 aliphatic rings. The van der Waals surface area contributed by atoms with Gasteiger partial charge in [-0.05, 0) is 30.9 Å². The molecular formula is C15H16F3NO. The normalized spacial score (nSPS) is 17.4. The second kappa shape index (κ2) is 5.69. The monoisotopic (exact) mass is 283 g/mol. The zero-order valence-electron chi connectivity index (χ0n) is 10.9. The number of hydrogen-bond donors (Lipinski definition) is 1. The molecule has 0 aromatic heterocycles. The topological polar surface area (TPSA) is 43.1 Å². The molecule has 0 aliphatic heterocycles. The van der Waals surface area contributed by atoms with Gasteiger partial charge in [0.05, 0.1) is 5.56 Å². The van der Waals surface area contributed by atoms with Crippen molar-refractivity contribution in [2.45, 2.75) is 31.9 Å². The molecule has 2 nitrogen and oxygen atoms in total.